The van der Waals surface area contributed by atoms with Gasteiger partial charge in [0, 0.05) is 17.1 Å². The van der Waals surface area contributed by atoms with Crippen molar-refractivity contribution in [3.8, 4) is 0 Å². The standard InChI is InChI=1S/C16H13N3/c1-2-4-11(5-3-1)10-15-18-14-7-6-13-12(8-9-17-13)16(14)19-15/h1-10,17-19H. The van der Waals surface area contributed by atoms with Crippen molar-refractivity contribution in [1.29, 1.82) is 0 Å². The third kappa shape index (κ3) is 1.67. The lowest BCUT2D eigenvalue weighted by Gasteiger charge is -2.00. The molecule has 1 aromatic heterocycles. The van der Waals surface area contributed by atoms with Crippen LogP contribution in [0.3, 0.4) is 0 Å². The molecule has 0 saturated heterocycles. The van der Waals surface area contributed by atoms with Gasteiger partial charge in [0.2, 0.25) is 0 Å². The first kappa shape index (κ1) is 10.3. The molecule has 0 radical (unpaired) electrons. The molecule has 0 spiro atoms. The Morgan fingerprint density at radius 3 is 2.63 bits per heavy atom. The van der Waals surface area contributed by atoms with Gasteiger partial charge in [-0.1, -0.05) is 30.3 Å². The summed E-state index contributed by atoms with van der Waals surface area (Å²) in [6.07, 6.45) is 4.07. The maximum absolute atomic E-state index is 3.44. The number of nitrogens with one attached hydrogen (secondary N) is 3. The summed E-state index contributed by atoms with van der Waals surface area (Å²) in [5.41, 5.74) is 4.58. The summed E-state index contributed by atoms with van der Waals surface area (Å²) in [4.78, 5) is 3.23. The fourth-order valence-corrected chi connectivity index (χ4v) is 2.47. The van der Waals surface area contributed by atoms with Crippen molar-refractivity contribution in [2.75, 3.05) is 10.6 Å². The van der Waals surface area contributed by atoms with Crippen LogP contribution in [-0.2, 0) is 0 Å². The van der Waals surface area contributed by atoms with Crippen LogP contribution < -0.4 is 10.6 Å². The van der Waals surface area contributed by atoms with Crippen molar-refractivity contribution >= 4 is 28.4 Å². The fraction of sp³-hybridized carbons (Fsp3) is 0. The largest absolute Gasteiger partial charge is 0.361 e. The predicted octanol–water partition coefficient (Wildman–Crippen LogP) is 4.00. The second-order valence-corrected chi connectivity index (χ2v) is 4.65. The molecule has 0 fully saturated rings. The minimum absolute atomic E-state index is 1.01. The van der Waals surface area contributed by atoms with Gasteiger partial charge in [-0.2, -0.15) is 0 Å². The Morgan fingerprint density at radius 2 is 1.74 bits per heavy atom. The molecule has 3 heteroatoms. The van der Waals surface area contributed by atoms with Crippen LogP contribution >= 0.6 is 0 Å². The van der Waals surface area contributed by atoms with Gasteiger partial charge in [-0.15, -0.1) is 0 Å². The zero-order valence-electron chi connectivity index (χ0n) is 10.3. The number of hydrogen-bond donors (Lipinski definition) is 3. The van der Waals surface area contributed by atoms with Crippen molar-refractivity contribution in [1.82, 2.24) is 4.98 Å². The summed E-state index contributed by atoms with van der Waals surface area (Å²) < 4.78 is 0. The third-order valence-electron chi connectivity index (χ3n) is 3.37. The summed E-state index contributed by atoms with van der Waals surface area (Å²) in [6.45, 7) is 0. The van der Waals surface area contributed by atoms with Crippen LogP contribution in [0.2, 0.25) is 0 Å². The van der Waals surface area contributed by atoms with Crippen LogP contribution in [0, 0.1) is 0 Å². The quantitative estimate of drug-likeness (QED) is 0.608. The van der Waals surface area contributed by atoms with E-state index in [1.807, 2.05) is 24.4 Å². The topological polar surface area (TPSA) is 39.9 Å². The lowest BCUT2D eigenvalue weighted by Crippen LogP contribution is -1.98. The van der Waals surface area contributed by atoms with E-state index in [4.69, 9.17) is 0 Å². The SMILES string of the molecule is C(=C1Nc2ccc3[nH]ccc3c2N1)c1ccccc1. The van der Waals surface area contributed by atoms with Gasteiger partial charge in [0.25, 0.3) is 0 Å². The van der Waals surface area contributed by atoms with Crippen LogP contribution in [0.15, 0.2) is 60.5 Å². The Bertz CT molecular complexity index is 769. The van der Waals surface area contributed by atoms with Gasteiger partial charge in [0.1, 0.15) is 5.82 Å². The minimum atomic E-state index is 1.01. The lowest BCUT2D eigenvalue weighted by molar-refractivity contribution is 1.48. The second kappa shape index (κ2) is 3.92. The van der Waals surface area contributed by atoms with Gasteiger partial charge in [0.05, 0.1) is 11.4 Å². The first-order valence-electron chi connectivity index (χ1n) is 6.31. The molecule has 3 nitrogen and oxygen atoms in total. The van der Waals surface area contributed by atoms with E-state index in [9.17, 15) is 0 Å². The molecule has 2 aromatic carbocycles. The third-order valence-corrected chi connectivity index (χ3v) is 3.37. The van der Waals surface area contributed by atoms with Crippen molar-refractivity contribution in [2.45, 2.75) is 0 Å². The van der Waals surface area contributed by atoms with Crippen LogP contribution in [0.25, 0.3) is 17.0 Å². The average molecular weight is 247 g/mol. The van der Waals surface area contributed by atoms with E-state index in [1.165, 1.54) is 10.9 Å². The van der Waals surface area contributed by atoms with Gasteiger partial charge >= 0.3 is 0 Å². The highest BCUT2D eigenvalue weighted by Gasteiger charge is 2.16. The van der Waals surface area contributed by atoms with Gasteiger partial charge in [0.15, 0.2) is 0 Å². The van der Waals surface area contributed by atoms with Gasteiger partial charge < -0.3 is 15.6 Å². The fourth-order valence-electron chi connectivity index (χ4n) is 2.47. The molecule has 1 aliphatic heterocycles. The van der Waals surface area contributed by atoms with Gasteiger partial charge in [-0.3, -0.25) is 0 Å². The van der Waals surface area contributed by atoms with E-state index in [0.717, 1.165) is 22.7 Å². The number of rotatable bonds is 1. The van der Waals surface area contributed by atoms with E-state index in [0.29, 0.717) is 0 Å². The molecule has 2 heterocycles. The van der Waals surface area contributed by atoms with E-state index >= 15 is 0 Å². The Balaban J connectivity index is 1.76. The highest BCUT2D eigenvalue weighted by atomic mass is 15.2. The van der Waals surface area contributed by atoms with Crippen LogP contribution in [0.1, 0.15) is 5.56 Å². The predicted molar refractivity (Wildman–Crippen MR) is 80.0 cm³/mol. The molecule has 0 bridgehead atoms. The number of aromatic amines is 1. The molecule has 1 aliphatic rings. The van der Waals surface area contributed by atoms with Crippen LogP contribution in [0.5, 0.6) is 0 Å². The first-order valence-corrected chi connectivity index (χ1v) is 6.31. The summed E-state index contributed by atoms with van der Waals surface area (Å²) in [5, 5.41) is 8.05. The molecule has 0 atom stereocenters. The molecule has 92 valence electrons. The first-order chi connectivity index (χ1) is 9.40. The van der Waals surface area contributed by atoms with Crippen molar-refractivity contribution < 1.29 is 0 Å². The number of fused-ring (bicyclic) bond motifs is 3. The molecule has 19 heavy (non-hydrogen) atoms. The molecular weight excluding hydrogens is 234 g/mol. The van der Waals surface area contributed by atoms with Crippen molar-refractivity contribution in [3.63, 3.8) is 0 Å². The van der Waals surface area contributed by atoms with E-state index in [2.05, 4.69) is 52.0 Å². The molecular formula is C16H13N3. The van der Waals surface area contributed by atoms with E-state index in [-0.39, 0.29) is 0 Å². The Hall–Kier alpha value is -2.68. The number of H-pyrrole nitrogens is 1. The average Bonchev–Trinajstić information content (AvgIpc) is 3.04. The monoisotopic (exact) mass is 247 g/mol. The highest BCUT2D eigenvalue weighted by Crippen LogP contribution is 2.37. The molecule has 3 aromatic rings. The summed E-state index contributed by atoms with van der Waals surface area (Å²) >= 11 is 0. The highest BCUT2D eigenvalue weighted by molar-refractivity contribution is 6.02. The zero-order valence-corrected chi connectivity index (χ0v) is 10.3. The van der Waals surface area contributed by atoms with Gasteiger partial charge in [-0.25, -0.2) is 0 Å². The second-order valence-electron chi connectivity index (χ2n) is 4.65. The summed E-state index contributed by atoms with van der Waals surface area (Å²) in [7, 11) is 0. The number of anilines is 2. The molecule has 0 amide bonds. The molecule has 4 rings (SSSR count). The molecule has 0 saturated carbocycles. The minimum Gasteiger partial charge on any atom is -0.361 e. The molecule has 3 N–H and O–H groups in total. The van der Waals surface area contributed by atoms with E-state index < -0.39 is 0 Å². The smallest absolute Gasteiger partial charge is 0.108 e. The zero-order chi connectivity index (χ0) is 12.7. The van der Waals surface area contributed by atoms with E-state index in [1.54, 1.807) is 0 Å². The Kier molecular flexibility index (Phi) is 2.12. The Morgan fingerprint density at radius 1 is 0.842 bits per heavy atom. The maximum atomic E-state index is 3.44. The molecule has 0 aliphatic carbocycles. The number of benzene rings is 2. The lowest BCUT2D eigenvalue weighted by atomic mass is 10.2. The maximum Gasteiger partial charge on any atom is 0.108 e. The van der Waals surface area contributed by atoms with Gasteiger partial charge in [-0.05, 0) is 29.8 Å². The van der Waals surface area contributed by atoms with Crippen LogP contribution in [0.4, 0.5) is 11.4 Å². The van der Waals surface area contributed by atoms with Crippen LogP contribution in [-0.4, -0.2) is 4.98 Å². The number of hydrogen-bond acceptors (Lipinski definition) is 2. The summed E-state index contributed by atoms with van der Waals surface area (Å²) in [5.74, 6) is 1.01. The normalized spacial score (nSPS) is 15.3. The Labute approximate surface area is 111 Å². The van der Waals surface area contributed by atoms with Crippen molar-refractivity contribution in [2.24, 2.45) is 0 Å². The summed E-state index contributed by atoms with van der Waals surface area (Å²) in [6, 6.07) is 16.6. The number of aromatic nitrogens is 1. The van der Waals surface area contributed by atoms with Crippen molar-refractivity contribution in [3.05, 3.63) is 66.1 Å². The molecule has 0 unspecified atom stereocenters.